The number of nitro groups is 1. The Balaban J connectivity index is 2.27. The summed E-state index contributed by atoms with van der Waals surface area (Å²) in [6.07, 6.45) is 2.35. The van der Waals surface area contributed by atoms with Gasteiger partial charge in [-0.3, -0.25) is 10.1 Å². The number of nitrogens with one attached hydrogen (secondary N) is 1. The maximum absolute atomic E-state index is 10.9. The molecule has 0 bridgehead atoms. The van der Waals surface area contributed by atoms with E-state index < -0.39 is 4.92 Å². The fourth-order valence-electron chi connectivity index (χ4n) is 1.81. The Hall–Kier alpha value is -2.48. The molecule has 0 saturated heterocycles. The molecule has 0 unspecified atom stereocenters. The zero-order valence-corrected chi connectivity index (χ0v) is 11.9. The van der Waals surface area contributed by atoms with Gasteiger partial charge in [0.15, 0.2) is 5.75 Å². The van der Waals surface area contributed by atoms with E-state index in [4.69, 9.17) is 4.74 Å². The molecule has 0 aliphatic heterocycles. The lowest BCUT2D eigenvalue weighted by molar-refractivity contribution is -0.384. The summed E-state index contributed by atoms with van der Waals surface area (Å²) in [5, 5.41) is 18.1. The van der Waals surface area contributed by atoms with Crippen molar-refractivity contribution in [1.82, 2.24) is 20.1 Å². The molecule has 2 aromatic rings. The van der Waals surface area contributed by atoms with Crippen molar-refractivity contribution in [2.24, 2.45) is 0 Å². The van der Waals surface area contributed by atoms with E-state index in [1.807, 2.05) is 7.05 Å². The molecule has 1 N–H and O–H groups in total. The highest BCUT2D eigenvalue weighted by molar-refractivity contribution is 5.52. The number of nitro benzene ring substituents is 1. The molecule has 2 rings (SSSR count). The smallest absolute Gasteiger partial charge is 0.273 e. The van der Waals surface area contributed by atoms with E-state index in [-0.39, 0.29) is 5.69 Å². The second-order valence-corrected chi connectivity index (χ2v) is 4.45. The first-order valence-electron chi connectivity index (χ1n) is 6.56. The Kier molecular flexibility index (Phi) is 4.83. The molecular weight excluding hydrogens is 274 g/mol. The van der Waals surface area contributed by atoms with Crippen molar-refractivity contribution < 1.29 is 9.66 Å². The van der Waals surface area contributed by atoms with E-state index >= 15 is 0 Å². The molecule has 0 atom stereocenters. The lowest BCUT2D eigenvalue weighted by atomic mass is 10.2. The van der Waals surface area contributed by atoms with Gasteiger partial charge in [-0.2, -0.15) is 5.10 Å². The average molecular weight is 291 g/mol. The molecule has 112 valence electrons. The molecule has 0 saturated carbocycles. The zero-order valence-electron chi connectivity index (χ0n) is 11.9. The molecule has 1 heterocycles. The molecule has 8 heteroatoms. The minimum absolute atomic E-state index is 0.0146. The molecule has 0 aliphatic carbocycles. The average Bonchev–Trinajstić information content (AvgIpc) is 2.89. The molecule has 0 aliphatic rings. The van der Waals surface area contributed by atoms with Crippen molar-refractivity contribution in [2.75, 3.05) is 20.2 Å². The summed E-state index contributed by atoms with van der Waals surface area (Å²) in [5.41, 5.74) is 0.616. The van der Waals surface area contributed by atoms with Gasteiger partial charge >= 0.3 is 0 Å². The highest BCUT2D eigenvalue weighted by atomic mass is 16.6. The SMILES string of the molecule is CNCCCOc1cc([N+](=O)[O-])ccc1-n1cnc(C)n1. The van der Waals surface area contributed by atoms with Crippen LogP contribution in [0.1, 0.15) is 12.2 Å². The highest BCUT2D eigenvalue weighted by Gasteiger charge is 2.14. The van der Waals surface area contributed by atoms with Crippen LogP contribution in [-0.2, 0) is 0 Å². The number of nitrogens with zero attached hydrogens (tertiary/aromatic N) is 4. The fraction of sp³-hybridized carbons (Fsp3) is 0.385. The first-order valence-corrected chi connectivity index (χ1v) is 6.56. The first kappa shape index (κ1) is 14.9. The molecule has 0 radical (unpaired) electrons. The summed E-state index contributed by atoms with van der Waals surface area (Å²) in [5.74, 6) is 1.04. The number of hydrogen-bond acceptors (Lipinski definition) is 6. The van der Waals surface area contributed by atoms with Gasteiger partial charge in [0.05, 0.1) is 17.6 Å². The summed E-state index contributed by atoms with van der Waals surface area (Å²) >= 11 is 0. The van der Waals surface area contributed by atoms with Crippen molar-refractivity contribution in [3.63, 3.8) is 0 Å². The Labute approximate surface area is 121 Å². The van der Waals surface area contributed by atoms with E-state index in [0.29, 0.717) is 23.9 Å². The van der Waals surface area contributed by atoms with Crippen molar-refractivity contribution >= 4 is 5.69 Å². The molecule has 1 aromatic heterocycles. The van der Waals surface area contributed by atoms with Crippen LogP contribution in [0.2, 0.25) is 0 Å². The van der Waals surface area contributed by atoms with Gasteiger partial charge in [0.2, 0.25) is 0 Å². The monoisotopic (exact) mass is 291 g/mol. The number of benzene rings is 1. The topological polar surface area (TPSA) is 95.1 Å². The lowest BCUT2D eigenvalue weighted by Crippen LogP contribution is -2.12. The van der Waals surface area contributed by atoms with E-state index in [1.165, 1.54) is 12.1 Å². The summed E-state index contributed by atoms with van der Waals surface area (Å²) in [7, 11) is 1.86. The minimum Gasteiger partial charge on any atom is -0.491 e. The van der Waals surface area contributed by atoms with Gasteiger partial charge in [-0.25, -0.2) is 9.67 Å². The number of ether oxygens (including phenoxy) is 1. The molecule has 21 heavy (non-hydrogen) atoms. The summed E-state index contributed by atoms with van der Waals surface area (Å²) in [6, 6.07) is 4.44. The van der Waals surface area contributed by atoms with Crippen LogP contribution in [-0.4, -0.2) is 39.9 Å². The summed E-state index contributed by atoms with van der Waals surface area (Å²) in [4.78, 5) is 14.5. The van der Waals surface area contributed by atoms with Crippen LogP contribution < -0.4 is 10.1 Å². The molecule has 8 nitrogen and oxygen atoms in total. The largest absolute Gasteiger partial charge is 0.491 e. The predicted molar refractivity (Wildman–Crippen MR) is 76.8 cm³/mol. The fourth-order valence-corrected chi connectivity index (χ4v) is 1.81. The van der Waals surface area contributed by atoms with Crippen LogP contribution in [0.3, 0.4) is 0 Å². The van der Waals surface area contributed by atoms with Gasteiger partial charge in [0, 0.05) is 6.07 Å². The van der Waals surface area contributed by atoms with Gasteiger partial charge < -0.3 is 10.1 Å². The molecule has 0 spiro atoms. The normalized spacial score (nSPS) is 10.6. The van der Waals surface area contributed by atoms with E-state index in [1.54, 1.807) is 24.0 Å². The van der Waals surface area contributed by atoms with Crippen molar-refractivity contribution in [3.8, 4) is 11.4 Å². The first-order chi connectivity index (χ1) is 10.1. The van der Waals surface area contributed by atoms with Gasteiger partial charge in [0.1, 0.15) is 17.8 Å². The van der Waals surface area contributed by atoms with Gasteiger partial charge in [0.25, 0.3) is 5.69 Å². The van der Waals surface area contributed by atoms with E-state index in [0.717, 1.165) is 13.0 Å². The van der Waals surface area contributed by atoms with Crippen LogP contribution >= 0.6 is 0 Å². The van der Waals surface area contributed by atoms with Gasteiger partial charge in [-0.05, 0) is 33.0 Å². The number of non-ortho nitro benzene ring substituents is 1. The van der Waals surface area contributed by atoms with Gasteiger partial charge in [-0.1, -0.05) is 0 Å². The number of hydrogen-bond donors (Lipinski definition) is 1. The third kappa shape index (κ3) is 3.76. The predicted octanol–water partition coefficient (Wildman–Crippen LogP) is 1.47. The van der Waals surface area contributed by atoms with Crippen molar-refractivity contribution in [1.29, 1.82) is 0 Å². The van der Waals surface area contributed by atoms with Crippen LogP contribution in [0.4, 0.5) is 5.69 Å². The summed E-state index contributed by atoms with van der Waals surface area (Å²) in [6.45, 7) is 3.05. The Bertz CT molecular complexity index is 626. The minimum atomic E-state index is -0.448. The van der Waals surface area contributed by atoms with Crippen molar-refractivity contribution in [2.45, 2.75) is 13.3 Å². The molecule has 1 aromatic carbocycles. The second-order valence-electron chi connectivity index (χ2n) is 4.45. The number of rotatable bonds is 7. The maximum Gasteiger partial charge on any atom is 0.273 e. The standard InChI is InChI=1S/C13H17N5O3/c1-10-15-9-17(16-10)12-5-4-11(18(19)20)8-13(12)21-7-3-6-14-2/h4-5,8-9,14H,3,6-7H2,1-2H3. The highest BCUT2D eigenvalue weighted by Crippen LogP contribution is 2.27. The van der Waals surface area contributed by atoms with Crippen LogP contribution in [0.25, 0.3) is 5.69 Å². The van der Waals surface area contributed by atoms with Gasteiger partial charge in [-0.15, -0.1) is 0 Å². The second kappa shape index (κ2) is 6.80. The molecule has 0 fully saturated rings. The molecular formula is C13H17N5O3. The van der Waals surface area contributed by atoms with Crippen LogP contribution in [0.5, 0.6) is 5.75 Å². The summed E-state index contributed by atoms with van der Waals surface area (Å²) < 4.78 is 7.21. The van der Waals surface area contributed by atoms with E-state index in [2.05, 4.69) is 15.4 Å². The Morgan fingerprint density at radius 1 is 1.48 bits per heavy atom. The van der Waals surface area contributed by atoms with Crippen molar-refractivity contribution in [3.05, 3.63) is 40.5 Å². The number of aromatic nitrogens is 3. The van der Waals surface area contributed by atoms with Crippen LogP contribution in [0.15, 0.2) is 24.5 Å². The van der Waals surface area contributed by atoms with Crippen LogP contribution in [0, 0.1) is 17.0 Å². The van der Waals surface area contributed by atoms with E-state index in [9.17, 15) is 10.1 Å². The Morgan fingerprint density at radius 2 is 2.29 bits per heavy atom. The third-order valence-corrected chi connectivity index (χ3v) is 2.84. The quantitative estimate of drug-likeness (QED) is 0.471. The zero-order chi connectivity index (χ0) is 15.2. The maximum atomic E-state index is 10.9. The third-order valence-electron chi connectivity index (χ3n) is 2.84. The lowest BCUT2D eigenvalue weighted by Gasteiger charge is -2.11. The molecule has 0 amide bonds. The Morgan fingerprint density at radius 3 is 2.90 bits per heavy atom. The number of aryl methyl sites for hydroxylation is 1.